The number of fused-ring (bicyclic) bond motifs is 5. The topological polar surface area (TPSA) is 69.6 Å². The first kappa shape index (κ1) is 22.6. The third kappa shape index (κ3) is 3.54. The van der Waals surface area contributed by atoms with Gasteiger partial charge in [-0.1, -0.05) is 50.3 Å². The van der Waals surface area contributed by atoms with Crippen LogP contribution in [0.15, 0.2) is 42.5 Å². The summed E-state index contributed by atoms with van der Waals surface area (Å²) >= 11 is 0. The zero-order chi connectivity index (χ0) is 23.4. The molecule has 178 valence electrons. The van der Waals surface area contributed by atoms with Gasteiger partial charge >= 0.3 is 0 Å². The van der Waals surface area contributed by atoms with Gasteiger partial charge < -0.3 is 15.3 Å². The van der Waals surface area contributed by atoms with E-state index in [2.05, 4.69) is 25.2 Å². The molecule has 33 heavy (non-hydrogen) atoms. The predicted octanol–water partition coefficient (Wildman–Crippen LogP) is 4.09. The molecule has 5 heteroatoms. The van der Waals surface area contributed by atoms with Gasteiger partial charge in [-0.3, -0.25) is 9.59 Å². The first-order chi connectivity index (χ1) is 15.8. The van der Waals surface area contributed by atoms with Gasteiger partial charge in [-0.15, -0.1) is 0 Å². The van der Waals surface area contributed by atoms with Gasteiger partial charge in [0.05, 0.1) is 6.10 Å². The number of aliphatic hydroxyl groups excluding tert-OH is 1. The fourth-order valence-electron chi connectivity index (χ4n) is 8.28. The van der Waals surface area contributed by atoms with Crippen LogP contribution in [0.5, 0.6) is 0 Å². The molecule has 0 radical (unpaired) electrons. The van der Waals surface area contributed by atoms with Gasteiger partial charge in [0.15, 0.2) is 0 Å². The number of nitrogens with zero attached hydrogens (tertiary/aromatic N) is 1. The van der Waals surface area contributed by atoms with E-state index in [0.717, 1.165) is 44.1 Å². The predicted molar refractivity (Wildman–Crippen MR) is 128 cm³/mol. The molecule has 1 aromatic rings. The van der Waals surface area contributed by atoms with E-state index in [0.29, 0.717) is 23.8 Å². The summed E-state index contributed by atoms with van der Waals surface area (Å²) in [4.78, 5) is 27.5. The Morgan fingerprint density at radius 1 is 1.12 bits per heavy atom. The number of likely N-dealkylation sites (N-methyl/N-ethyl adjacent to an activating group) is 1. The molecule has 0 spiro atoms. The lowest BCUT2D eigenvalue weighted by molar-refractivity contribution is -0.142. The number of rotatable bonds is 4. The minimum atomic E-state index is -0.677. The first-order valence-electron chi connectivity index (χ1n) is 12.7. The average molecular weight is 451 g/mol. The quantitative estimate of drug-likeness (QED) is 0.726. The second-order valence-electron chi connectivity index (χ2n) is 11.5. The second-order valence-corrected chi connectivity index (χ2v) is 11.5. The van der Waals surface area contributed by atoms with Crippen molar-refractivity contribution in [3.63, 3.8) is 0 Å². The van der Waals surface area contributed by atoms with Crippen LogP contribution in [0.1, 0.15) is 64.0 Å². The van der Waals surface area contributed by atoms with Crippen molar-refractivity contribution in [1.29, 1.82) is 0 Å². The van der Waals surface area contributed by atoms with Gasteiger partial charge in [0.1, 0.15) is 0 Å². The highest BCUT2D eigenvalue weighted by atomic mass is 16.3. The van der Waals surface area contributed by atoms with Gasteiger partial charge in [0.25, 0.3) is 0 Å². The van der Waals surface area contributed by atoms with Crippen molar-refractivity contribution in [1.82, 2.24) is 10.2 Å². The average Bonchev–Trinajstić information content (AvgIpc) is 3.18. The van der Waals surface area contributed by atoms with Crippen LogP contribution in [0.2, 0.25) is 0 Å². The highest BCUT2D eigenvalue weighted by Crippen LogP contribution is 2.65. The number of hydrogen-bond acceptors (Lipinski definition) is 3. The van der Waals surface area contributed by atoms with Gasteiger partial charge in [-0.05, 0) is 73.3 Å². The van der Waals surface area contributed by atoms with E-state index < -0.39 is 6.10 Å². The summed E-state index contributed by atoms with van der Waals surface area (Å²) in [6, 6.07) is 9.83. The fraction of sp³-hybridized carbons (Fsp3) is 0.643. The molecule has 3 saturated carbocycles. The smallest absolute Gasteiger partial charge is 0.246 e. The van der Waals surface area contributed by atoms with Crippen molar-refractivity contribution in [3.8, 4) is 0 Å². The number of carbonyl (C=O) groups excluding carboxylic acids is 2. The lowest BCUT2D eigenvalue weighted by Gasteiger charge is -2.60. The zero-order valence-corrected chi connectivity index (χ0v) is 20.2. The molecule has 0 saturated heterocycles. The van der Waals surface area contributed by atoms with Crippen molar-refractivity contribution in [3.05, 3.63) is 48.0 Å². The molecule has 8 atom stereocenters. The summed E-state index contributed by atoms with van der Waals surface area (Å²) in [7, 11) is 1.96. The van der Waals surface area contributed by atoms with Crippen LogP contribution in [0.25, 0.3) is 0 Å². The highest BCUT2D eigenvalue weighted by Gasteiger charge is 2.61. The second kappa shape index (κ2) is 8.26. The van der Waals surface area contributed by atoms with Crippen LogP contribution in [0, 0.1) is 34.5 Å². The first-order valence-corrected chi connectivity index (χ1v) is 12.7. The Hall–Kier alpha value is -2.14. The maximum atomic E-state index is 13.3. The van der Waals surface area contributed by atoms with E-state index in [4.69, 9.17) is 0 Å². The zero-order valence-electron chi connectivity index (χ0n) is 20.2. The molecule has 3 aliphatic carbocycles. The van der Waals surface area contributed by atoms with Crippen molar-refractivity contribution in [2.75, 3.05) is 13.6 Å². The van der Waals surface area contributed by atoms with E-state index in [-0.39, 0.29) is 35.1 Å². The molecule has 1 aromatic carbocycles. The Balaban J connectivity index is 1.29. The van der Waals surface area contributed by atoms with E-state index in [1.54, 1.807) is 6.08 Å². The van der Waals surface area contributed by atoms with Crippen LogP contribution >= 0.6 is 0 Å². The Labute approximate surface area is 197 Å². The molecule has 3 unspecified atom stereocenters. The van der Waals surface area contributed by atoms with E-state index >= 15 is 0 Å². The van der Waals surface area contributed by atoms with Crippen LogP contribution in [0.4, 0.5) is 0 Å². The summed E-state index contributed by atoms with van der Waals surface area (Å²) in [5.41, 5.74) is 0.891. The third-order valence-corrected chi connectivity index (χ3v) is 10.1. The Kier molecular flexibility index (Phi) is 5.67. The maximum absolute atomic E-state index is 13.3. The third-order valence-electron chi connectivity index (χ3n) is 10.1. The van der Waals surface area contributed by atoms with Crippen LogP contribution in [-0.2, 0) is 9.59 Å². The Bertz CT molecular complexity index is 946. The van der Waals surface area contributed by atoms with E-state index in [9.17, 15) is 14.7 Å². The van der Waals surface area contributed by atoms with Gasteiger partial charge in [-0.25, -0.2) is 0 Å². The monoisotopic (exact) mass is 450 g/mol. The van der Waals surface area contributed by atoms with Crippen molar-refractivity contribution in [2.24, 2.45) is 34.5 Å². The summed E-state index contributed by atoms with van der Waals surface area (Å²) in [5, 5.41) is 13.6. The summed E-state index contributed by atoms with van der Waals surface area (Å²) in [6.45, 7) is 4.97. The Morgan fingerprint density at radius 3 is 2.64 bits per heavy atom. The molecule has 1 heterocycles. The van der Waals surface area contributed by atoms with Crippen LogP contribution in [-0.4, -0.2) is 41.5 Å². The summed E-state index contributed by atoms with van der Waals surface area (Å²) in [5.74, 6) is 2.00. The number of amides is 2. The number of hydrogen-bond donors (Lipinski definition) is 2. The molecule has 0 aromatic heterocycles. The molecular formula is C28H38N2O3. The molecule has 1 aliphatic heterocycles. The fourth-order valence-corrected chi connectivity index (χ4v) is 8.28. The van der Waals surface area contributed by atoms with Crippen molar-refractivity contribution in [2.45, 2.75) is 64.5 Å². The molecule has 0 bridgehead atoms. The minimum absolute atomic E-state index is 0.0168. The molecule has 5 nitrogen and oxygen atoms in total. The van der Waals surface area contributed by atoms with Gasteiger partial charge in [-0.2, -0.15) is 0 Å². The SMILES string of the molecule is CN1C(=O)C=C[C@@]2(C)C1CC[C@@H]1[C@H]2CC[C@]2(C)C(C(=O)NCC(O)c3ccccc3)CC[C@@H]12. The van der Waals surface area contributed by atoms with Crippen LogP contribution < -0.4 is 5.32 Å². The van der Waals surface area contributed by atoms with Gasteiger partial charge in [0.2, 0.25) is 11.8 Å². The lowest BCUT2D eigenvalue weighted by Crippen LogP contribution is -2.59. The molecular weight excluding hydrogens is 412 g/mol. The van der Waals surface area contributed by atoms with Gasteiger partial charge in [0, 0.05) is 31.0 Å². The van der Waals surface area contributed by atoms with Crippen molar-refractivity contribution < 1.29 is 14.7 Å². The summed E-state index contributed by atoms with van der Waals surface area (Å²) in [6.07, 6.45) is 9.75. The number of aliphatic hydroxyl groups is 1. The summed E-state index contributed by atoms with van der Waals surface area (Å²) < 4.78 is 0. The van der Waals surface area contributed by atoms with Crippen LogP contribution in [0.3, 0.4) is 0 Å². The lowest BCUT2D eigenvalue weighted by atomic mass is 9.47. The minimum Gasteiger partial charge on any atom is -0.387 e. The number of carbonyl (C=O) groups is 2. The Morgan fingerprint density at radius 2 is 1.88 bits per heavy atom. The maximum Gasteiger partial charge on any atom is 0.246 e. The molecule has 2 N–H and O–H groups in total. The molecule has 4 aliphatic rings. The standard InChI is InChI=1S/C28H38N2O3/c1-27-15-13-21-19(9-12-24-28(21,2)16-14-25(32)30(24)3)20(27)10-11-22(27)26(33)29-17-23(31)18-7-5-4-6-8-18/h4-8,14,16,19-24,31H,9-13,15,17H2,1-3H3,(H,29,33)/t19-,20-,21+,22?,23?,24?,27-,28+/m0/s1. The number of benzene rings is 1. The largest absolute Gasteiger partial charge is 0.387 e. The van der Waals surface area contributed by atoms with Crippen molar-refractivity contribution >= 4 is 11.8 Å². The molecule has 2 amide bonds. The highest BCUT2D eigenvalue weighted by molar-refractivity contribution is 5.89. The normalized spacial score (nSPS) is 40.5. The van der Waals surface area contributed by atoms with E-state index in [1.807, 2.05) is 42.3 Å². The van der Waals surface area contributed by atoms with E-state index in [1.165, 1.54) is 0 Å². The number of nitrogens with one attached hydrogen (secondary N) is 1. The molecule has 5 rings (SSSR count). The molecule has 3 fully saturated rings.